The monoisotopic (exact) mass is 445 g/mol. The van der Waals surface area contributed by atoms with Crippen LogP contribution in [0.4, 0.5) is 0 Å². The highest BCUT2D eigenvalue weighted by Gasteiger charge is 2.21. The Balaban J connectivity index is 1.45. The summed E-state index contributed by atoms with van der Waals surface area (Å²) in [5.74, 6) is 0.468. The van der Waals surface area contributed by atoms with Crippen LogP contribution >= 0.6 is 35.3 Å². The zero-order valence-corrected chi connectivity index (χ0v) is 18.9. The SMILES string of the molecule is Cc1cc(C(=O)CSc2nn(-c3ccccc3)c(=S)s2)c(C)n1CC1CCCO1. The zero-order valence-electron chi connectivity index (χ0n) is 16.5. The third-order valence-electron chi connectivity index (χ3n) is 5.14. The molecule has 0 radical (unpaired) electrons. The Morgan fingerprint density at radius 2 is 2.14 bits per heavy atom. The van der Waals surface area contributed by atoms with Crippen molar-refractivity contribution < 1.29 is 9.53 Å². The number of carbonyl (C=O) groups is 1. The van der Waals surface area contributed by atoms with Gasteiger partial charge in [-0.15, -0.1) is 5.10 Å². The van der Waals surface area contributed by atoms with Gasteiger partial charge in [-0.3, -0.25) is 4.79 Å². The van der Waals surface area contributed by atoms with Gasteiger partial charge in [-0.05, 0) is 57.1 Å². The summed E-state index contributed by atoms with van der Waals surface area (Å²) in [6.07, 6.45) is 2.46. The second kappa shape index (κ2) is 8.95. The van der Waals surface area contributed by atoms with Gasteiger partial charge in [0.25, 0.3) is 0 Å². The molecule has 29 heavy (non-hydrogen) atoms. The van der Waals surface area contributed by atoms with Crippen LogP contribution in [0.5, 0.6) is 0 Å². The van der Waals surface area contributed by atoms with Crippen LogP contribution in [0.3, 0.4) is 0 Å². The van der Waals surface area contributed by atoms with Gasteiger partial charge in [0.1, 0.15) is 0 Å². The van der Waals surface area contributed by atoms with Crippen molar-refractivity contribution in [1.29, 1.82) is 0 Å². The number of aromatic nitrogens is 3. The number of rotatable bonds is 7. The Morgan fingerprint density at radius 3 is 2.86 bits per heavy atom. The molecule has 0 N–H and O–H groups in total. The van der Waals surface area contributed by atoms with Gasteiger partial charge < -0.3 is 9.30 Å². The van der Waals surface area contributed by atoms with E-state index in [4.69, 9.17) is 17.0 Å². The molecule has 1 aliphatic heterocycles. The van der Waals surface area contributed by atoms with E-state index < -0.39 is 0 Å². The molecule has 0 aliphatic carbocycles. The number of hydrogen-bond donors (Lipinski definition) is 0. The number of aryl methyl sites for hydroxylation is 1. The highest BCUT2D eigenvalue weighted by Crippen LogP contribution is 2.26. The van der Waals surface area contributed by atoms with Gasteiger partial charge in [0.15, 0.2) is 14.1 Å². The molecule has 0 saturated carbocycles. The number of hydrogen-bond acceptors (Lipinski definition) is 6. The van der Waals surface area contributed by atoms with E-state index in [0.717, 1.165) is 53.0 Å². The summed E-state index contributed by atoms with van der Waals surface area (Å²) in [6, 6.07) is 11.8. The highest BCUT2D eigenvalue weighted by molar-refractivity contribution is 8.01. The third-order valence-corrected chi connectivity index (χ3v) is 7.51. The van der Waals surface area contributed by atoms with Gasteiger partial charge >= 0.3 is 0 Å². The van der Waals surface area contributed by atoms with Crippen LogP contribution in [0.1, 0.15) is 34.6 Å². The van der Waals surface area contributed by atoms with Crippen molar-refractivity contribution in [1.82, 2.24) is 14.3 Å². The summed E-state index contributed by atoms with van der Waals surface area (Å²) >= 11 is 8.33. The quantitative estimate of drug-likeness (QED) is 0.283. The minimum absolute atomic E-state index is 0.120. The van der Waals surface area contributed by atoms with Crippen LogP contribution < -0.4 is 0 Å². The second-order valence-electron chi connectivity index (χ2n) is 7.12. The molecule has 5 nitrogen and oxygen atoms in total. The van der Waals surface area contributed by atoms with Crippen LogP contribution in [0.2, 0.25) is 0 Å². The van der Waals surface area contributed by atoms with Crippen molar-refractivity contribution in [2.45, 2.75) is 43.7 Å². The van der Waals surface area contributed by atoms with Crippen LogP contribution in [0.15, 0.2) is 40.7 Å². The number of carbonyl (C=O) groups excluding carboxylic acids is 1. The fourth-order valence-electron chi connectivity index (χ4n) is 3.61. The molecule has 152 valence electrons. The van der Waals surface area contributed by atoms with Gasteiger partial charge in [-0.25, -0.2) is 4.68 Å². The van der Waals surface area contributed by atoms with Crippen molar-refractivity contribution >= 4 is 41.1 Å². The third kappa shape index (κ3) is 4.55. The molecule has 0 spiro atoms. The van der Waals surface area contributed by atoms with Crippen molar-refractivity contribution in [2.75, 3.05) is 12.4 Å². The lowest BCUT2D eigenvalue weighted by atomic mass is 10.2. The smallest absolute Gasteiger partial charge is 0.184 e. The Morgan fingerprint density at radius 1 is 1.34 bits per heavy atom. The molecule has 0 bridgehead atoms. The van der Waals surface area contributed by atoms with Gasteiger partial charge in [0.2, 0.25) is 0 Å². The fraction of sp³-hybridized carbons (Fsp3) is 0.381. The molecule has 1 atom stereocenters. The maximum atomic E-state index is 12.9. The van der Waals surface area contributed by atoms with Crippen molar-refractivity contribution in [3.8, 4) is 5.69 Å². The number of Topliss-reactive ketones (excluding diaryl/α,β-unsaturated/α-hetero) is 1. The topological polar surface area (TPSA) is 49.0 Å². The maximum absolute atomic E-state index is 12.9. The second-order valence-corrected chi connectivity index (χ2v) is 9.97. The molecule has 3 aromatic rings. The van der Waals surface area contributed by atoms with E-state index in [0.29, 0.717) is 9.71 Å². The Labute approximate surface area is 183 Å². The molecule has 1 aliphatic rings. The Hall–Kier alpha value is -1.74. The average Bonchev–Trinajstić information content (AvgIpc) is 3.43. The summed E-state index contributed by atoms with van der Waals surface area (Å²) in [5, 5.41) is 4.58. The van der Waals surface area contributed by atoms with Crippen molar-refractivity contribution in [3.63, 3.8) is 0 Å². The normalized spacial score (nSPS) is 16.4. The summed E-state index contributed by atoms with van der Waals surface area (Å²) < 4.78 is 11.2. The first-order valence-corrected chi connectivity index (χ1v) is 11.8. The van der Waals surface area contributed by atoms with Crippen LogP contribution in [0.25, 0.3) is 5.69 Å². The minimum Gasteiger partial charge on any atom is -0.376 e. The molecule has 4 rings (SSSR count). The molecule has 1 fully saturated rings. The average molecular weight is 446 g/mol. The highest BCUT2D eigenvalue weighted by atomic mass is 32.2. The first-order valence-electron chi connectivity index (χ1n) is 9.63. The van der Waals surface area contributed by atoms with Crippen LogP contribution in [-0.2, 0) is 11.3 Å². The number of thioether (sulfide) groups is 1. The predicted octanol–water partition coefficient (Wildman–Crippen LogP) is 5.24. The molecular formula is C21H23N3O2S3. The molecule has 1 aromatic carbocycles. The molecule has 0 amide bonds. The van der Waals surface area contributed by atoms with Gasteiger partial charge in [-0.2, -0.15) is 0 Å². The number of benzene rings is 1. The van der Waals surface area contributed by atoms with Crippen LogP contribution in [-0.4, -0.2) is 38.6 Å². The van der Waals surface area contributed by atoms with E-state index in [1.807, 2.05) is 43.3 Å². The molecule has 3 heterocycles. The van der Waals surface area contributed by atoms with Gasteiger partial charge in [0, 0.05) is 30.1 Å². The number of ether oxygens (including phenoxy) is 1. The molecule has 8 heteroatoms. The lowest BCUT2D eigenvalue weighted by molar-refractivity contribution is 0.0957. The standard InChI is InChI=1S/C21H23N3O2S3/c1-14-11-18(15(2)23(14)12-17-9-6-10-26-17)19(25)13-28-20-22-24(21(27)29-20)16-7-4-3-5-8-16/h3-5,7-8,11,17H,6,9-10,12-13H2,1-2H3. The summed E-state index contributed by atoms with van der Waals surface area (Å²) in [7, 11) is 0. The lowest BCUT2D eigenvalue weighted by Gasteiger charge is -2.14. The number of nitrogens with zero attached hydrogens (tertiary/aromatic N) is 3. The molecule has 1 saturated heterocycles. The summed E-state index contributed by atoms with van der Waals surface area (Å²) in [4.78, 5) is 12.9. The van der Waals surface area contributed by atoms with E-state index in [9.17, 15) is 4.79 Å². The van der Waals surface area contributed by atoms with E-state index in [-0.39, 0.29) is 11.9 Å². The number of para-hydroxylation sites is 1. The van der Waals surface area contributed by atoms with E-state index in [2.05, 4.69) is 16.6 Å². The maximum Gasteiger partial charge on any atom is 0.184 e. The fourth-order valence-corrected chi connectivity index (χ4v) is 5.86. The van der Waals surface area contributed by atoms with Gasteiger partial charge in [-0.1, -0.05) is 41.3 Å². The summed E-state index contributed by atoms with van der Waals surface area (Å²) in [6.45, 7) is 5.74. The summed E-state index contributed by atoms with van der Waals surface area (Å²) in [5.41, 5.74) is 3.85. The van der Waals surface area contributed by atoms with E-state index >= 15 is 0 Å². The van der Waals surface area contributed by atoms with E-state index in [1.165, 1.54) is 23.1 Å². The molecule has 2 aromatic heterocycles. The van der Waals surface area contributed by atoms with Crippen molar-refractivity contribution in [3.05, 3.63) is 57.3 Å². The first kappa shape index (κ1) is 20.5. The minimum atomic E-state index is 0.120. The Bertz CT molecular complexity index is 1060. The Kier molecular flexibility index (Phi) is 6.34. The largest absolute Gasteiger partial charge is 0.376 e. The van der Waals surface area contributed by atoms with Crippen LogP contribution in [0, 0.1) is 17.8 Å². The predicted molar refractivity (Wildman–Crippen MR) is 120 cm³/mol. The van der Waals surface area contributed by atoms with E-state index in [1.54, 1.807) is 4.68 Å². The molecule has 1 unspecified atom stereocenters. The molecular weight excluding hydrogens is 422 g/mol. The van der Waals surface area contributed by atoms with Gasteiger partial charge in [0.05, 0.1) is 17.5 Å². The number of ketones is 1. The zero-order chi connectivity index (χ0) is 20.4. The lowest BCUT2D eigenvalue weighted by Crippen LogP contribution is -2.17. The first-order chi connectivity index (χ1) is 14.0. The van der Waals surface area contributed by atoms with Crippen molar-refractivity contribution in [2.24, 2.45) is 0 Å².